The molecular formula is C24H15Cl4N3O4. The lowest BCUT2D eigenvalue weighted by atomic mass is 10.1. The SMILES string of the molecule is COc1ccc(Cl)cc1NC(=O)c1cccc(NC2=C(Cl)C(=O)N(c3cccc(Cl)c3Cl)C2=O)c1. The van der Waals surface area contributed by atoms with Crippen LogP contribution in [-0.4, -0.2) is 24.8 Å². The van der Waals surface area contributed by atoms with Crippen LogP contribution in [0.4, 0.5) is 17.1 Å². The zero-order valence-electron chi connectivity index (χ0n) is 17.9. The van der Waals surface area contributed by atoms with E-state index in [1.54, 1.807) is 42.5 Å². The monoisotopic (exact) mass is 549 g/mol. The second-order valence-electron chi connectivity index (χ2n) is 7.21. The second-order valence-corrected chi connectivity index (χ2v) is 8.81. The zero-order valence-corrected chi connectivity index (χ0v) is 20.9. The quantitative estimate of drug-likeness (QED) is 0.349. The molecule has 0 saturated carbocycles. The van der Waals surface area contributed by atoms with Crippen molar-refractivity contribution < 1.29 is 19.1 Å². The highest BCUT2D eigenvalue weighted by atomic mass is 35.5. The predicted molar refractivity (Wildman–Crippen MR) is 138 cm³/mol. The first-order chi connectivity index (χ1) is 16.7. The first-order valence-electron chi connectivity index (χ1n) is 9.95. The van der Waals surface area contributed by atoms with Crippen LogP contribution < -0.4 is 20.3 Å². The minimum Gasteiger partial charge on any atom is -0.495 e. The third-order valence-electron chi connectivity index (χ3n) is 5.00. The average Bonchev–Trinajstić information content (AvgIpc) is 3.04. The Labute approximate surface area is 220 Å². The van der Waals surface area contributed by atoms with Crippen molar-refractivity contribution in [2.24, 2.45) is 0 Å². The fraction of sp³-hybridized carbons (Fsp3) is 0.0417. The summed E-state index contributed by atoms with van der Waals surface area (Å²) in [6.07, 6.45) is 0. The van der Waals surface area contributed by atoms with Crippen molar-refractivity contribution in [1.29, 1.82) is 0 Å². The highest BCUT2D eigenvalue weighted by Gasteiger charge is 2.40. The van der Waals surface area contributed by atoms with E-state index < -0.39 is 17.7 Å². The van der Waals surface area contributed by atoms with Crippen LogP contribution in [-0.2, 0) is 9.59 Å². The van der Waals surface area contributed by atoms with E-state index in [-0.39, 0.29) is 32.0 Å². The molecular weight excluding hydrogens is 536 g/mol. The van der Waals surface area contributed by atoms with E-state index in [0.717, 1.165) is 4.90 Å². The van der Waals surface area contributed by atoms with Gasteiger partial charge >= 0.3 is 0 Å². The number of carbonyl (C=O) groups is 3. The van der Waals surface area contributed by atoms with E-state index >= 15 is 0 Å². The topological polar surface area (TPSA) is 87.7 Å². The summed E-state index contributed by atoms with van der Waals surface area (Å²) >= 11 is 24.4. The Morgan fingerprint density at radius 3 is 2.40 bits per heavy atom. The standard InChI is InChI=1S/C24H15Cl4N3O4/c1-35-18-9-8-13(25)11-16(18)30-22(32)12-4-2-5-14(10-12)29-21-20(28)23(33)31(24(21)34)17-7-3-6-15(26)19(17)27/h2-11,29H,1H3,(H,30,32). The summed E-state index contributed by atoms with van der Waals surface area (Å²) in [5, 5.41) is 5.87. The van der Waals surface area contributed by atoms with Crippen molar-refractivity contribution in [1.82, 2.24) is 0 Å². The fourth-order valence-electron chi connectivity index (χ4n) is 3.35. The molecule has 1 aliphatic rings. The maximum atomic E-state index is 13.0. The molecule has 0 fully saturated rings. The summed E-state index contributed by atoms with van der Waals surface area (Å²) in [5.74, 6) is -1.49. The molecule has 3 amide bonds. The normalized spacial score (nSPS) is 13.3. The second kappa shape index (κ2) is 10.2. The van der Waals surface area contributed by atoms with Gasteiger partial charge in [0.05, 0.1) is 28.5 Å². The largest absolute Gasteiger partial charge is 0.495 e. The van der Waals surface area contributed by atoms with Gasteiger partial charge in [0.15, 0.2) is 0 Å². The van der Waals surface area contributed by atoms with Crippen molar-refractivity contribution in [3.63, 3.8) is 0 Å². The van der Waals surface area contributed by atoms with Crippen LogP contribution in [0.5, 0.6) is 5.75 Å². The number of hydrogen-bond acceptors (Lipinski definition) is 5. The van der Waals surface area contributed by atoms with Gasteiger partial charge in [0.2, 0.25) is 0 Å². The number of benzene rings is 3. The molecule has 0 aromatic heterocycles. The van der Waals surface area contributed by atoms with Crippen LogP contribution in [0.3, 0.4) is 0 Å². The Morgan fingerprint density at radius 1 is 0.914 bits per heavy atom. The molecule has 0 aliphatic carbocycles. The lowest BCUT2D eigenvalue weighted by Gasteiger charge is -2.17. The number of methoxy groups -OCH3 is 1. The summed E-state index contributed by atoms with van der Waals surface area (Å²) in [5.41, 5.74) is 0.943. The van der Waals surface area contributed by atoms with E-state index in [4.69, 9.17) is 51.1 Å². The minimum absolute atomic E-state index is 0.0386. The van der Waals surface area contributed by atoms with Crippen LogP contribution in [0.25, 0.3) is 0 Å². The molecule has 1 heterocycles. The number of nitrogens with zero attached hydrogens (tertiary/aromatic N) is 1. The lowest BCUT2D eigenvalue weighted by Crippen LogP contribution is -2.32. The molecule has 0 saturated heterocycles. The van der Waals surface area contributed by atoms with Gasteiger partial charge in [-0.05, 0) is 48.5 Å². The third kappa shape index (κ3) is 4.94. The molecule has 0 atom stereocenters. The van der Waals surface area contributed by atoms with Gasteiger partial charge in [-0.3, -0.25) is 14.4 Å². The maximum absolute atomic E-state index is 13.0. The van der Waals surface area contributed by atoms with Gasteiger partial charge in [-0.1, -0.05) is 58.5 Å². The Kier molecular flexibility index (Phi) is 7.23. The number of halogens is 4. The van der Waals surface area contributed by atoms with E-state index in [2.05, 4.69) is 10.6 Å². The summed E-state index contributed by atoms with van der Waals surface area (Å²) < 4.78 is 5.25. The molecule has 7 nitrogen and oxygen atoms in total. The van der Waals surface area contributed by atoms with Crippen LogP contribution in [0, 0.1) is 0 Å². The smallest absolute Gasteiger partial charge is 0.283 e. The molecule has 0 spiro atoms. The third-order valence-corrected chi connectivity index (χ3v) is 6.40. The first-order valence-corrected chi connectivity index (χ1v) is 11.5. The van der Waals surface area contributed by atoms with Gasteiger partial charge in [-0.2, -0.15) is 0 Å². The fourth-order valence-corrected chi connectivity index (χ4v) is 4.11. The van der Waals surface area contributed by atoms with Crippen molar-refractivity contribution in [2.45, 2.75) is 0 Å². The number of hydrogen-bond donors (Lipinski definition) is 2. The molecule has 11 heteroatoms. The predicted octanol–water partition coefficient (Wildman–Crippen LogP) is 6.34. The maximum Gasteiger partial charge on any atom is 0.283 e. The lowest BCUT2D eigenvalue weighted by molar-refractivity contribution is -0.120. The molecule has 3 aromatic carbocycles. The van der Waals surface area contributed by atoms with E-state index in [1.165, 1.54) is 25.3 Å². The van der Waals surface area contributed by atoms with Crippen molar-refractivity contribution in [3.8, 4) is 5.75 Å². The number of nitrogens with one attached hydrogen (secondary N) is 2. The van der Waals surface area contributed by atoms with E-state index in [0.29, 0.717) is 22.1 Å². The minimum atomic E-state index is -0.759. The molecule has 0 radical (unpaired) electrons. The summed E-state index contributed by atoms with van der Waals surface area (Å²) in [6.45, 7) is 0. The molecule has 0 unspecified atom stereocenters. The van der Waals surface area contributed by atoms with Crippen molar-refractivity contribution in [3.05, 3.63) is 92.0 Å². The Hall–Kier alpha value is -3.23. The Bertz CT molecular complexity index is 1410. The Morgan fingerprint density at radius 2 is 1.66 bits per heavy atom. The van der Waals surface area contributed by atoms with Crippen LogP contribution in [0.1, 0.15) is 10.4 Å². The number of ether oxygens (including phenoxy) is 1. The number of anilines is 3. The first kappa shape index (κ1) is 24.9. The van der Waals surface area contributed by atoms with Gasteiger partial charge < -0.3 is 15.4 Å². The van der Waals surface area contributed by atoms with Crippen LogP contribution in [0.15, 0.2) is 71.4 Å². The molecule has 0 bridgehead atoms. The molecule has 1 aliphatic heterocycles. The summed E-state index contributed by atoms with van der Waals surface area (Å²) in [7, 11) is 1.47. The molecule has 2 N–H and O–H groups in total. The van der Waals surface area contributed by atoms with Gasteiger partial charge in [0.25, 0.3) is 17.7 Å². The highest BCUT2D eigenvalue weighted by Crippen LogP contribution is 2.37. The molecule has 178 valence electrons. The number of amides is 3. The van der Waals surface area contributed by atoms with E-state index in [9.17, 15) is 14.4 Å². The van der Waals surface area contributed by atoms with E-state index in [1.807, 2.05) is 0 Å². The van der Waals surface area contributed by atoms with Gasteiger partial charge in [-0.25, -0.2) is 4.90 Å². The van der Waals surface area contributed by atoms with Gasteiger partial charge in [0.1, 0.15) is 16.5 Å². The van der Waals surface area contributed by atoms with Crippen molar-refractivity contribution >= 4 is 81.2 Å². The molecule has 3 aromatic rings. The van der Waals surface area contributed by atoms with Crippen LogP contribution >= 0.6 is 46.4 Å². The zero-order chi connectivity index (χ0) is 25.3. The Balaban J connectivity index is 1.57. The number of carbonyl (C=O) groups excluding carboxylic acids is 3. The summed E-state index contributed by atoms with van der Waals surface area (Å²) in [4.78, 5) is 39.5. The van der Waals surface area contributed by atoms with Crippen molar-refractivity contribution in [2.75, 3.05) is 22.6 Å². The number of imide groups is 1. The number of rotatable bonds is 6. The van der Waals surface area contributed by atoms with Gasteiger partial charge in [0, 0.05) is 16.3 Å². The molecule has 35 heavy (non-hydrogen) atoms. The molecule has 4 rings (SSSR count). The highest BCUT2D eigenvalue weighted by molar-refractivity contribution is 6.54. The van der Waals surface area contributed by atoms with Crippen LogP contribution in [0.2, 0.25) is 15.1 Å². The van der Waals surface area contributed by atoms with Gasteiger partial charge in [-0.15, -0.1) is 0 Å². The average molecular weight is 551 g/mol. The summed E-state index contributed by atoms with van der Waals surface area (Å²) in [6, 6.07) is 15.7.